The summed E-state index contributed by atoms with van der Waals surface area (Å²) in [5, 5.41) is 9.87. The number of cyclic esters (lactones) is 1. The van der Waals surface area contributed by atoms with Gasteiger partial charge in [-0.2, -0.15) is 0 Å². The Morgan fingerprint density at radius 1 is 1.07 bits per heavy atom. The van der Waals surface area contributed by atoms with Crippen LogP contribution in [0.3, 0.4) is 0 Å². The Kier molecular flexibility index (Phi) is 6.01. The fraction of sp³-hybridized carbons (Fsp3) is 0.304. The highest BCUT2D eigenvalue weighted by atomic mass is 16.7. The van der Waals surface area contributed by atoms with Crippen LogP contribution in [-0.2, 0) is 14.3 Å². The van der Waals surface area contributed by atoms with Crippen molar-refractivity contribution in [2.24, 2.45) is 0 Å². The largest absolute Gasteiger partial charge is 0.497 e. The number of ether oxygens (including phenoxy) is 4. The van der Waals surface area contributed by atoms with Crippen LogP contribution < -0.4 is 9.47 Å². The van der Waals surface area contributed by atoms with Crippen molar-refractivity contribution in [1.82, 2.24) is 0 Å². The summed E-state index contributed by atoms with van der Waals surface area (Å²) in [5.41, 5.74) is 1.46. The zero-order chi connectivity index (χ0) is 21.9. The summed E-state index contributed by atoms with van der Waals surface area (Å²) in [4.78, 5) is 24.1. The molecule has 0 saturated carbocycles. The maximum Gasteiger partial charge on any atom is 0.339 e. The topological polar surface area (TPSA) is 91.3 Å². The van der Waals surface area contributed by atoms with Crippen LogP contribution in [-0.4, -0.2) is 37.1 Å². The SMILES string of the molecule is COc1ccc(C(CC2=CC(=O)OC(C)(C)O2)c2cccc(OC)c2C(=O)O)cc1. The second kappa shape index (κ2) is 8.49. The van der Waals surface area contributed by atoms with Crippen molar-refractivity contribution in [3.05, 3.63) is 71.0 Å². The highest BCUT2D eigenvalue weighted by Gasteiger charge is 2.33. The first kappa shape index (κ1) is 21.2. The van der Waals surface area contributed by atoms with Crippen LogP contribution in [0, 0.1) is 0 Å². The van der Waals surface area contributed by atoms with Gasteiger partial charge in [0, 0.05) is 26.2 Å². The van der Waals surface area contributed by atoms with Crippen LogP contribution in [0.25, 0.3) is 0 Å². The van der Waals surface area contributed by atoms with Gasteiger partial charge in [0.2, 0.25) is 5.79 Å². The Balaban J connectivity index is 2.11. The van der Waals surface area contributed by atoms with Crippen LogP contribution >= 0.6 is 0 Å². The van der Waals surface area contributed by atoms with Crippen molar-refractivity contribution in [2.45, 2.75) is 32.0 Å². The molecule has 2 aromatic carbocycles. The summed E-state index contributed by atoms with van der Waals surface area (Å²) in [6.07, 6.45) is 1.56. The molecule has 7 heteroatoms. The van der Waals surface area contributed by atoms with Crippen molar-refractivity contribution in [2.75, 3.05) is 14.2 Å². The predicted octanol–water partition coefficient (Wildman–Crippen LogP) is 4.12. The van der Waals surface area contributed by atoms with Crippen molar-refractivity contribution < 1.29 is 33.6 Å². The van der Waals surface area contributed by atoms with Crippen LogP contribution in [0.4, 0.5) is 0 Å². The highest BCUT2D eigenvalue weighted by Crippen LogP contribution is 2.39. The van der Waals surface area contributed by atoms with Gasteiger partial charge in [-0.1, -0.05) is 24.3 Å². The van der Waals surface area contributed by atoms with Crippen LogP contribution in [0.5, 0.6) is 11.5 Å². The van der Waals surface area contributed by atoms with E-state index >= 15 is 0 Å². The summed E-state index contributed by atoms with van der Waals surface area (Å²) in [5.74, 6) is -1.76. The van der Waals surface area contributed by atoms with E-state index in [1.165, 1.54) is 13.2 Å². The third-order valence-corrected chi connectivity index (χ3v) is 4.79. The van der Waals surface area contributed by atoms with Crippen molar-refractivity contribution in [1.29, 1.82) is 0 Å². The number of methoxy groups -OCH3 is 2. The Hall–Kier alpha value is -3.48. The third kappa shape index (κ3) is 4.56. The number of carboxylic acids is 1. The van der Waals surface area contributed by atoms with E-state index in [2.05, 4.69) is 0 Å². The first-order chi connectivity index (χ1) is 14.2. The zero-order valence-corrected chi connectivity index (χ0v) is 17.3. The number of esters is 1. The number of carbonyl (C=O) groups excluding carboxylic acids is 1. The first-order valence-corrected chi connectivity index (χ1v) is 9.40. The van der Waals surface area contributed by atoms with Crippen LogP contribution in [0.1, 0.15) is 47.7 Å². The number of benzene rings is 2. The number of rotatable bonds is 7. The molecule has 1 atom stereocenters. The van der Waals surface area contributed by atoms with E-state index in [0.29, 0.717) is 17.1 Å². The minimum atomic E-state index is -1.10. The number of carboxylic acid groups (broad SMARTS) is 1. The molecule has 1 N–H and O–H groups in total. The van der Waals surface area contributed by atoms with Gasteiger partial charge in [-0.25, -0.2) is 9.59 Å². The molecule has 1 heterocycles. The second-order valence-corrected chi connectivity index (χ2v) is 7.29. The van der Waals surface area contributed by atoms with Gasteiger partial charge in [-0.3, -0.25) is 0 Å². The molecule has 0 bridgehead atoms. The summed E-state index contributed by atoms with van der Waals surface area (Å²) in [6, 6.07) is 12.4. The molecule has 0 aliphatic carbocycles. The Bertz CT molecular complexity index is 974. The Morgan fingerprint density at radius 3 is 2.33 bits per heavy atom. The Morgan fingerprint density at radius 2 is 1.77 bits per heavy atom. The van der Waals surface area contributed by atoms with Gasteiger partial charge in [-0.05, 0) is 29.3 Å². The molecule has 7 nitrogen and oxygen atoms in total. The van der Waals surface area contributed by atoms with E-state index in [1.54, 1.807) is 51.3 Å². The molecule has 0 radical (unpaired) electrons. The van der Waals surface area contributed by atoms with E-state index in [1.807, 2.05) is 12.1 Å². The molecule has 0 aromatic heterocycles. The van der Waals surface area contributed by atoms with Gasteiger partial charge in [0.15, 0.2) is 0 Å². The van der Waals surface area contributed by atoms with Crippen molar-refractivity contribution >= 4 is 11.9 Å². The zero-order valence-electron chi connectivity index (χ0n) is 17.3. The second-order valence-electron chi connectivity index (χ2n) is 7.29. The lowest BCUT2D eigenvalue weighted by Crippen LogP contribution is -2.34. The van der Waals surface area contributed by atoms with Crippen LogP contribution in [0.15, 0.2) is 54.3 Å². The molecule has 1 aliphatic heterocycles. The quantitative estimate of drug-likeness (QED) is 0.684. The molecular formula is C23H24O7. The molecular weight excluding hydrogens is 388 g/mol. The summed E-state index contributed by atoms with van der Waals surface area (Å²) in [6.45, 7) is 3.29. The van der Waals surface area contributed by atoms with Crippen molar-refractivity contribution in [3.8, 4) is 11.5 Å². The maximum absolute atomic E-state index is 12.1. The minimum Gasteiger partial charge on any atom is -0.497 e. The minimum absolute atomic E-state index is 0.0686. The fourth-order valence-electron chi connectivity index (χ4n) is 3.55. The number of aromatic carboxylic acids is 1. The standard InChI is InChI=1S/C23H24O7/c1-23(2)29-16(13-20(24)30-23)12-18(14-8-10-15(27-3)11-9-14)17-6-5-7-19(28-4)21(17)22(25)26/h5-11,13,18H,12H2,1-4H3,(H,25,26). The Labute approximate surface area is 174 Å². The van der Waals surface area contributed by atoms with Crippen LogP contribution in [0.2, 0.25) is 0 Å². The predicted molar refractivity (Wildman–Crippen MR) is 109 cm³/mol. The molecule has 3 rings (SSSR count). The monoisotopic (exact) mass is 412 g/mol. The van der Waals surface area contributed by atoms with Gasteiger partial charge < -0.3 is 24.1 Å². The maximum atomic E-state index is 12.1. The molecule has 0 spiro atoms. The third-order valence-electron chi connectivity index (χ3n) is 4.79. The number of hydrogen-bond donors (Lipinski definition) is 1. The average molecular weight is 412 g/mol. The molecule has 30 heavy (non-hydrogen) atoms. The molecule has 0 amide bonds. The van der Waals surface area contributed by atoms with Gasteiger partial charge in [0.05, 0.1) is 20.3 Å². The summed E-state index contributed by atoms with van der Waals surface area (Å²) in [7, 11) is 3.00. The average Bonchev–Trinajstić information content (AvgIpc) is 2.70. The number of carbonyl (C=O) groups is 2. The van der Waals surface area contributed by atoms with Gasteiger partial charge >= 0.3 is 11.9 Å². The van der Waals surface area contributed by atoms with Gasteiger partial charge in [0.25, 0.3) is 0 Å². The lowest BCUT2D eigenvalue weighted by Gasteiger charge is -2.32. The van der Waals surface area contributed by atoms with E-state index in [0.717, 1.165) is 5.56 Å². The number of hydrogen-bond acceptors (Lipinski definition) is 6. The van der Waals surface area contributed by atoms with Gasteiger partial charge in [0.1, 0.15) is 22.8 Å². The molecule has 1 aliphatic rings. The smallest absolute Gasteiger partial charge is 0.339 e. The van der Waals surface area contributed by atoms with E-state index < -0.39 is 23.6 Å². The summed E-state index contributed by atoms with van der Waals surface area (Å²) >= 11 is 0. The molecule has 158 valence electrons. The lowest BCUT2D eigenvalue weighted by molar-refractivity contribution is -0.206. The summed E-state index contributed by atoms with van der Waals surface area (Å²) < 4.78 is 21.5. The lowest BCUT2D eigenvalue weighted by atomic mass is 9.84. The van der Waals surface area contributed by atoms with Gasteiger partial charge in [-0.15, -0.1) is 0 Å². The molecule has 2 aromatic rings. The molecule has 1 unspecified atom stereocenters. The normalized spacial score (nSPS) is 16.0. The van der Waals surface area contributed by atoms with E-state index in [9.17, 15) is 14.7 Å². The molecule has 0 saturated heterocycles. The highest BCUT2D eigenvalue weighted by molar-refractivity contribution is 5.93. The fourth-order valence-corrected chi connectivity index (χ4v) is 3.55. The van der Waals surface area contributed by atoms with Crippen molar-refractivity contribution in [3.63, 3.8) is 0 Å². The molecule has 0 fully saturated rings. The number of allylic oxidation sites excluding steroid dienone is 1. The first-order valence-electron chi connectivity index (χ1n) is 9.40. The van der Waals surface area contributed by atoms with E-state index in [-0.39, 0.29) is 17.7 Å². The van der Waals surface area contributed by atoms with E-state index in [4.69, 9.17) is 18.9 Å².